The molecule has 0 aliphatic carbocycles. The van der Waals surface area contributed by atoms with E-state index in [1.807, 2.05) is 10.6 Å². The molecule has 0 aliphatic heterocycles. The second-order valence-corrected chi connectivity index (χ2v) is 3.56. The van der Waals surface area contributed by atoms with Gasteiger partial charge in [0.15, 0.2) is 0 Å². The molecule has 0 aromatic carbocycles. The SMILES string of the molecule is O=C(O)C[C@H](NC(=O)NCCOCC(F)(F)F)C(=O)O. The minimum atomic E-state index is -4.47. The highest BCUT2D eigenvalue weighted by molar-refractivity contribution is 5.86. The van der Waals surface area contributed by atoms with Gasteiger partial charge in [-0.1, -0.05) is 0 Å². The Morgan fingerprint density at radius 2 is 1.80 bits per heavy atom. The van der Waals surface area contributed by atoms with E-state index in [9.17, 15) is 27.6 Å². The van der Waals surface area contributed by atoms with E-state index < -0.39 is 49.8 Å². The lowest BCUT2D eigenvalue weighted by Gasteiger charge is -2.13. The van der Waals surface area contributed by atoms with Crippen molar-refractivity contribution in [3.05, 3.63) is 0 Å². The van der Waals surface area contributed by atoms with E-state index in [2.05, 4.69) is 4.74 Å². The molecule has 0 rings (SSSR count). The molecule has 0 saturated carbocycles. The van der Waals surface area contributed by atoms with Gasteiger partial charge in [-0.3, -0.25) is 4.79 Å². The van der Waals surface area contributed by atoms with Crippen LogP contribution in [0.2, 0.25) is 0 Å². The zero-order valence-electron chi connectivity index (χ0n) is 10.1. The number of urea groups is 1. The van der Waals surface area contributed by atoms with Crippen LogP contribution < -0.4 is 10.6 Å². The first-order chi connectivity index (χ1) is 9.11. The molecule has 0 heterocycles. The van der Waals surface area contributed by atoms with Gasteiger partial charge < -0.3 is 25.6 Å². The largest absolute Gasteiger partial charge is 0.481 e. The molecule has 11 heteroatoms. The molecule has 0 radical (unpaired) electrons. The maximum absolute atomic E-state index is 11.7. The molecular formula is C9H13F3N2O6. The van der Waals surface area contributed by atoms with E-state index >= 15 is 0 Å². The average molecular weight is 302 g/mol. The van der Waals surface area contributed by atoms with Crippen molar-refractivity contribution in [1.82, 2.24) is 10.6 Å². The molecule has 0 aromatic heterocycles. The first kappa shape index (κ1) is 18.0. The van der Waals surface area contributed by atoms with Crippen molar-refractivity contribution in [2.45, 2.75) is 18.6 Å². The quantitative estimate of drug-likeness (QED) is 0.460. The third kappa shape index (κ3) is 9.94. The summed E-state index contributed by atoms with van der Waals surface area (Å²) in [5, 5.41) is 20.9. The number of alkyl halides is 3. The zero-order valence-corrected chi connectivity index (χ0v) is 10.1. The molecule has 0 bridgehead atoms. The first-order valence-corrected chi connectivity index (χ1v) is 5.25. The number of carboxylic acid groups (broad SMARTS) is 2. The number of hydrogen-bond acceptors (Lipinski definition) is 4. The summed E-state index contributed by atoms with van der Waals surface area (Å²) in [4.78, 5) is 32.1. The fourth-order valence-corrected chi connectivity index (χ4v) is 1.01. The van der Waals surface area contributed by atoms with Gasteiger partial charge >= 0.3 is 24.1 Å². The molecule has 0 fully saturated rings. The third-order valence-electron chi connectivity index (χ3n) is 1.78. The summed E-state index contributed by atoms with van der Waals surface area (Å²) in [6.07, 6.45) is -5.30. The van der Waals surface area contributed by atoms with E-state index in [0.29, 0.717) is 0 Å². The highest BCUT2D eigenvalue weighted by Gasteiger charge is 2.27. The Morgan fingerprint density at radius 1 is 1.20 bits per heavy atom. The summed E-state index contributed by atoms with van der Waals surface area (Å²) in [5.41, 5.74) is 0. The molecule has 0 aromatic rings. The van der Waals surface area contributed by atoms with Gasteiger partial charge in [-0.15, -0.1) is 0 Å². The van der Waals surface area contributed by atoms with Crippen molar-refractivity contribution >= 4 is 18.0 Å². The average Bonchev–Trinajstić information content (AvgIpc) is 2.25. The molecule has 0 unspecified atom stereocenters. The topological polar surface area (TPSA) is 125 Å². The van der Waals surface area contributed by atoms with Crippen molar-refractivity contribution < 1.29 is 42.5 Å². The van der Waals surface area contributed by atoms with Gasteiger partial charge in [0.2, 0.25) is 0 Å². The molecule has 0 spiro atoms. The highest BCUT2D eigenvalue weighted by Crippen LogP contribution is 2.13. The zero-order chi connectivity index (χ0) is 15.8. The Balaban J connectivity index is 3.91. The van der Waals surface area contributed by atoms with Crippen LogP contribution in [-0.4, -0.2) is 60.2 Å². The Bertz CT molecular complexity index is 360. The molecule has 20 heavy (non-hydrogen) atoms. The van der Waals surface area contributed by atoms with Gasteiger partial charge in [0.25, 0.3) is 0 Å². The Kier molecular flexibility index (Phi) is 7.36. The molecule has 4 N–H and O–H groups in total. The van der Waals surface area contributed by atoms with Crippen LogP contribution in [0.5, 0.6) is 0 Å². The summed E-state index contributed by atoms with van der Waals surface area (Å²) in [5.74, 6) is -2.97. The second-order valence-electron chi connectivity index (χ2n) is 3.56. The van der Waals surface area contributed by atoms with Gasteiger partial charge in [-0.25, -0.2) is 9.59 Å². The second kappa shape index (κ2) is 8.19. The number of halogens is 3. The van der Waals surface area contributed by atoms with Crippen molar-refractivity contribution in [2.24, 2.45) is 0 Å². The van der Waals surface area contributed by atoms with E-state index in [0.717, 1.165) is 0 Å². The summed E-state index contributed by atoms with van der Waals surface area (Å²) < 4.78 is 39.2. The molecule has 2 amide bonds. The summed E-state index contributed by atoms with van der Waals surface area (Å²) in [7, 11) is 0. The standard InChI is InChI=1S/C9H13F3N2O6/c10-9(11,12)4-20-2-1-13-8(19)14-5(7(17)18)3-6(15)16/h5H,1-4H2,(H,15,16)(H,17,18)(H2,13,14,19)/t5-/m0/s1. The number of carboxylic acids is 2. The van der Waals surface area contributed by atoms with Crippen molar-refractivity contribution in [3.8, 4) is 0 Å². The van der Waals surface area contributed by atoms with Gasteiger partial charge in [-0.2, -0.15) is 13.2 Å². The lowest BCUT2D eigenvalue weighted by atomic mass is 10.2. The lowest BCUT2D eigenvalue weighted by molar-refractivity contribution is -0.173. The van der Waals surface area contributed by atoms with Gasteiger partial charge in [0, 0.05) is 6.54 Å². The number of aliphatic carboxylic acids is 2. The number of ether oxygens (including phenoxy) is 1. The number of hydrogen-bond donors (Lipinski definition) is 4. The number of amides is 2. The van der Waals surface area contributed by atoms with E-state index in [-0.39, 0.29) is 6.54 Å². The number of carbonyl (C=O) groups excluding carboxylic acids is 1. The predicted octanol–water partition coefficient (Wildman–Crippen LogP) is -0.208. The summed E-state index contributed by atoms with van der Waals surface area (Å²) >= 11 is 0. The van der Waals surface area contributed by atoms with Crippen LogP contribution in [0.25, 0.3) is 0 Å². The monoisotopic (exact) mass is 302 g/mol. The van der Waals surface area contributed by atoms with Crippen molar-refractivity contribution in [2.75, 3.05) is 19.8 Å². The van der Waals surface area contributed by atoms with Crippen LogP contribution in [0.1, 0.15) is 6.42 Å². The highest BCUT2D eigenvalue weighted by atomic mass is 19.4. The van der Waals surface area contributed by atoms with Crippen LogP contribution in [-0.2, 0) is 14.3 Å². The summed E-state index contributed by atoms with van der Waals surface area (Å²) in [6, 6.07) is -2.65. The Hall–Kier alpha value is -2.04. The van der Waals surface area contributed by atoms with Crippen LogP contribution in [0.3, 0.4) is 0 Å². The van der Waals surface area contributed by atoms with Crippen molar-refractivity contribution in [1.29, 1.82) is 0 Å². The lowest BCUT2D eigenvalue weighted by Crippen LogP contribution is -2.47. The number of nitrogens with one attached hydrogen (secondary N) is 2. The number of carbonyl (C=O) groups is 3. The van der Waals surface area contributed by atoms with Crippen LogP contribution in [0, 0.1) is 0 Å². The van der Waals surface area contributed by atoms with E-state index in [4.69, 9.17) is 10.2 Å². The molecular weight excluding hydrogens is 289 g/mol. The van der Waals surface area contributed by atoms with Crippen LogP contribution in [0.4, 0.5) is 18.0 Å². The van der Waals surface area contributed by atoms with Crippen LogP contribution >= 0.6 is 0 Å². The first-order valence-electron chi connectivity index (χ1n) is 5.25. The summed E-state index contributed by atoms with van der Waals surface area (Å²) in [6.45, 7) is -2.18. The minimum Gasteiger partial charge on any atom is -0.481 e. The molecule has 1 atom stereocenters. The van der Waals surface area contributed by atoms with Gasteiger partial charge in [0.1, 0.15) is 12.6 Å². The van der Waals surface area contributed by atoms with Crippen molar-refractivity contribution in [3.63, 3.8) is 0 Å². The van der Waals surface area contributed by atoms with E-state index in [1.165, 1.54) is 0 Å². The van der Waals surface area contributed by atoms with E-state index in [1.54, 1.807) is 0 Å². The smallest absolute Gasteiger partial charge is 0.411 e. The normalized spacial score (nSPS) is 12.6. The number of rotatable bonds is 8. The molecule has 0 aliphatic rings. The third-order valence-corrected chi connectivity index (χ3v) is 1.78. The predicted molar refractivity (Wildman–Crippen MR) is 57.1 cm³/mol. The van der Waals surface area contributed by atoms with Gasteiger partial charge in [-0.05, 0) is 0 Å². The maximum Gasteiger partial charge on any atom is 0.411 e. The fourth-order valence-electron chi connectivity index (χ4n) is 1.01. The molecule has 0 saturated heterocycles. The van der Waals surface area contributed by atoms with Crippen LogP contribution in [0.15, 0.2) is 0 Å². The Labute approximate surface area is 110 Å². The molecule has 8 nitrogen and oxygen atoms in total. The Morgan fingerprint density at radius 3 is 2.25 bits per heavy atom. The maximum atomic E-state index is 11.7. The fraction of sp³-hybridized carbons (Fsp3) is 0.667. The van der Waals surface area contributed by atoms with Gasteiger partial charge in [0.05, 0.1) is 13.0 Å². The molecule has 116 valence electrons. The minimum absolute atomic E-state index is 0.290.